The van der Waals surface area contributed by atoms with Gasteiger partial charge >= 0.3 is 5.97 Å². The number of hydrogen-bond donors (Lipinski definition) is 0. The Balaban J connectivity index is 3.01. The molecule has 0 fully saturated rings. The fourth-order valence-electron chi connectivity index (χ4n) is 1.89. The summed E-state index contributed by atoms with van der Waals surface area (Å²) in [6.07, 6.45) is 0.794. The summed E-state index contributed by atoms with van der Waals surface area (Å²) in [5.41, 5.74) is 0.909. The molecule has 1 atom stereocenters. The minimum Gasteiger partial charge on any atom is -0.491 e. The SMILES string of the molecule is CCOC(=O)C(CC)c1ccccc1OC(C)C. The Morgan fingerprint density at radius 2 is 1.89 bits per heavy atom. The van der Waals surface area contributed by atoms with E-state index in [1.807, 2.05) is 52.0 Å². The molecule has 0 aliphatic carbocycles. The summed E-state index contributed by atoms with van der Waals surface area (Å²) in [5.74, 6) is 0.340. The van der Waals surface area contributed by atoms with Gasteiger partial charge in [-0.3, -0.25) is 4.79 Å². The van der Waals surface area contributed by atoms with E-state index in [0.29, 0.717) is 13.0 Å². The summed E-state index contributed by atoms with van der Waals surface area (Å²) in [6.45, 7) is 8.15. The molecule has 0 aromatic heterocycles. The lowest BCUT2D eigenvalue weighted by Crippen LogP contribution is -2.17. The van der Waals surface area contributed by atoms with Crippen LogP contribution in [0.5, 0.6) is 5.75 Å². The lowest BCUT2D eigenvalue weighted by molar-refractivity contribution is -0.145. The van der Waals surface area contributed by atoms with E-state index in [1.54, 1.807) is 0 Å². The van der Waals surface area contributed by atoms with E-state index in [2.05, 4.69) is 0 Å². The number of esters is 1. The van der Waals surface area contributed by atoms with Gasteiger partial charge in [-0.25, -0.2) is 0 Å². The van der Waals surface area contributed by atoms with Crippen LogP contribution in [0, 0.1) is 0 Å². The van der Waals surface area contributed by atoms with Crippen LogP contribution in [-0.2, 0) is 9.53 Å². The van der Waals surface area contributed by atoms with Crippen molar-refractivity contribution < 1.29 is 14.3 Å². The van der Waals surface area contributed by atoms with Gasteiger partial charge in [-0.1, -0.05) is 25.1 Å². The quantitative estimate of drug-likeness (QED) is 0.724. The van der Waals surface area contributed by atoms with Gasteiger partial charge in [0.1, 0.15) is 5.75 Å². The molecule has 1 aromatic carbocycles. The summed E-state index contributed by atoms with van der Waals surface area (Å²) in [6, 6.07) is 7.67. The van der Waals surface area contributed by atoms with Gasteiger partial charge in [0.05, 0.1) is 18.6 Å². The second-order valence-electron chi connectivity index (χ2n) is 4.42. The molecule has 100 valence electrons. The maximum Gasteiger partial charge on any atom is 0.313 e. The van der Waals surface area contributed by atoms with Crippen LogP contribution < -0.4 is 4.74 Å². The molecule has 1 rings (SSSR count). The van der Waals surface area contributed by atoms with Gasteiger partial charge in [-0.15, -0.1) is 0 Å². The van der Waals surface area contributed by atoms with Crippen molar-refractivity contribution in [3.8, 4) is 5.75 Å². The van der Waals surface area contributed by atoms with Crippen LogP contribution in [-0.4, -0.2) is 18.7 Å². The summed E-state index contributed by atoms with van der Waals surface area (Å²) in [5, 5.41) is 0. The van der Waals surface area contributed by atoms with Gasteiger partial charge in [0.2, 0.25) is 0 Å². The molecule has 0 N–H and O–H groups in total. The number of hydrogen-bond acceptors (Lipinski definition) is 3. The third kappa shape index (κ3) is 3.76. The summed E-state index contributed by atoms with van der Waals surface area (Å²) in [7, 11) is 0. The second kappa shape index (κ2) is 7.04. The first-order valence-electron chi connectivity index (χ1n) is 6.52. The maximum absolute atomic E-state index is 11.9. The maximum atomic E-state index is 11.9. The van der Waals surface area contributed by atoms with Crippen molar-refractivity contribution in [1.29, 1.82) is 0 Å². The van der Waals surface area contributed by atoms with Crippen LogP contribution in [0.3, 0.4) is 0 Å². The number of para-hydroxylation sites is 1. The van der Waals surface area contributed by atoms with Crippen LogP contribution in [0.4, 0.5) is 0 Å². The number of rotatable bonds is 6. The van der Waals surface area contributed by atoms with Crippen molar-refractivity contribution in [3.05, 3.63) is 29.8 Å². The van der Waals surface area contributed by atoms with E-state index >= 15 is 0 Å². The average molecular weight is 250 g/mol. The highest BCUT2D eigenvalue weighted by Gasteiger charge is 2.23. The Kier molecular flexibility index (Phi) is 5.69. The van der Waals surface area contributed by atoms with Crippen molar-refractivity contribution in [2.75, 3.05) is 6.61 Å². The van der Waals surface area contributed by atoms with Crippen LogP contribution in [0.15, 0.2) is 24.3 Å². The van der Waals surface area contributed by atoms with E-state index < -0.39 is 0 Å². The molecule has 1 aromatic rings. The summed E-state index contributed by atoms with van der Waals surface area (Å²) >= 11 is 0. The normalized spacial score (nSPS) is 12.3. The summed E-state index contributed by atoms with van der Waals surface area (Å²) in [4.78, 5) is 11.9. The van der Waals surface area contributed by atoms with Gasteiger partial charge in [0.15, 0.2) is 0 Å². The lowest BCUT2D eigenvalue weighted by atomic mass is 9.95. The number of carbonyl (C=O) groups is 1. The molecule has 0 radical (unpaired) electrons. The van der Waals surface area contributed by atoms with E-state index in [4.69, 9.17) is 9.47 Å². The second-order valence-corrected chi connectivity index (χ2v) is 4.42. The topological polar surface area (TPSA) is 35.5 Å². The molecule has 0 bridgehead atoms. The monoisotopic (exact) mass is 250 g/mol. The molecular formula is C15H22O3. The Morgan fingerprint density at radius 3 is 2.44 bits per heavy atom. The zero-order chi connectivity index (χ0) is 13.5. The molecule has 0 saturated carbocycles. The van der Waals surface area contributed by atoms with Crippen LogP contribution in [0.1, 0.15) is 45.6 Å². The van der Waals surface area contributed by atoms with Crippen molar-refractivity contribution in [2.24, 2.45) is 0 Å². The predicted molar refractivity (Wildman–Crippen MR) is 71.9 cm³/mol. The Hall–Kier alpha value is -1.51. The van der Waals surface area contributed by atoms with Crippen molar-refractivity contribution in [2.45, 2.75) is 46.1 Å². The Morgan fingerprint density at radius 1 is 1.22 bits per heavy atom. The third-order valence-corrected chi connectivity index (χ3v) is 2.64. The number of ether oxygens (including phenoxy) is 2. The third-order valence-electron chi connectivity index (χ3n) is 2.64. The highest BCUT2D eigenvalue weighted by atomic mass is 16.5. The van der Waals surface area contributed by atoms with Crippen molar-refractivity contribution in [1.82, 2.24) is 0 Å². The molecule has 0 heterocycles. The first-order chi connectivity index (χ1) is 8.60. The van der Waals surface area contributed by atoms with E-state index in [-0.39, 0.29) is 18.0 Å². The molecule has 0 saturated heterocycles. The van der Waals surface area contributed by atoms with Crippen LogP contribution >= 0.6 is 0 Å². The van der Waals surface area contributed by atoms with Gasteiger partial charge in [-0.2, -0.15) is 0 Å². The molecule has 0 spiro atoms. The molecule has 0 aliphatic heterocycles. The van der Waals surface area contributed by atoms with E-state index in [9.17, 15) is 4.79 Å². The first-order valence-corrected chi connectivity index (χ1v) is 6.52. The minimum atomic E-state index is -0.250. The van der Waals surface area contributed by atoms with Gasteiger partial charge in [0, 0.05) is 5.56 Å². The van der Waals surface area contributed by atoms with Crippen molar-refractivity contribution >= 4 is 5.97 Å². The summed E-state index contributed by atoms with van der Waals surface area (Å²) < 4.78 is 10.9. The van der Waals surface area contributed by atoms with Gasteiger partial charge < -0.3 is 9.47 Å². The molecular weight excluding hydrogens is 228 g/mol. The van der Waals surface area contributed by atoms with Gasteiger partial charge in [0.25, 0.3) is 0 Å². The molecule has 0 aliphatic rings. The molecule has 1 unspecified atom stereocenters. The number of carbonyl (C=O) groups excluding carboxylic acids is 1. The standard InChI is InChI=1S/C15H22O3/c1-5-12(15(16)17-6-2)13-9-7-8-10-14(13)18-11(3)4/h7-12H,5-6H2,1-4H3. The Labute approximate surface area is 109 Å². The fourth-order valence-corrected chi connectivity index (χ4v) is 1.89. The minimum absolute atomic E-state index is 0.0888. The Bertz CT molecular complexity index is 385. The average Bonchev–Trinajstić information content (AvgIpc) is 2.32. The van der Waals surface area contributed by atoms with Gasteiger partial charge in [-0.05, 0) is 33.3 Å². The highest BCUT2D eigenvalue weighted by molar-refractivity contribution is 5.79. The zero-order valence-corrected chi connectivity index (χ0v) is 11.6. The zero-order valence-electron chi connectivity index (χ0n) is 11.6. The fraction of sp³-hybridized carbons (Fsp3) is 0.533. The van der Waals surface area contributed by atoms with E-state index in [0.717, 1.165) is 11.3 Å². The predicted octanol–water partition coefficient (Wildman–Crippen LogP) is 3.53. The molecule has 3 nitrogen and oxygen atoms in total. The molecule has 18 heavy (non-hydrogen) atoms. The molecule has 0 amide bonds. The smallest absolute Gasteiger partial charge is 0.313 e. The number of benzene rings is 1. The van der Waals surface area contributed by atoms with Crippen LogP contribution in [0.2, 0.25) is 0 Å². The highest BCUT2D eigenvalue weighted by Crippen LogP contribution is 2.30. The van der Waals surface area contributed by atoms with Crippen LogP contribution in [0.25, 0.3) is 0 Å². The lowest BCUT2D eigenvalue weighted by Gasteiger charge is -2.19. The van der Waals surface area contributed by atoms with Crippen molar-refractivity contribution in [3.63, 3.8) is 0 Å². The largest absolute Gasteiger partial charge is 0.491 e. The molecule has 3 heteroatoms. The van der Waals surface area contributed by atoms with E-state index in [1.165, 1.54) is 0 Å². The first kappa shape index (κ1) is 14.6.